The van der Waals surface area contributed by atoms with Crippen molar-refractivity contribution in [3.05, 3.63) is 58.5 Å². The normalized spacial score (nSPS) is 11.1. The summed E-state index contributed by atoms with van der Waals surface area (Å²) in [7, 11) is 3.40. The van der Waals surface area contributed by atoms with Gasteiger partial charge in [0, 0.05) is 19.7 Å². The van der Waals surface area contributed by atoms with Gasteiger partial charge >= 0.3 is 5.69 Å². The van der Waals surface area contributed by atoms with Crippen LogP contribution in [0.1, 0.15) is 24.2 Å². The van der Waals surface area contributed by atoms with Crippen LogP contribution in [0.3, 0.4) is 0 Å². The lowest BCUT2D eigenvalue weighted by atomic mass is 10.1. The number of anilines is 1. The summed E-state index contributed by atoms with van der Waals surface area (Å²) in [5, 5.41) is 2.88. The predicted molar refractivity (Wildman–Crippen MR) is 98.3 cm³/mol. The Morgan fingerprint density at radius 3 is 2.44 bits per heavy atom. The molecule has 6 heteroatoms. The van der Waals surface area contributed by atoms with Crippen LogP contribution in [-0.2, 0) is 14.1 Å². The topological polar surface area (TPSA) is 65.3 Å². The molecule has 0 unspecified atom stereocenters. The first-order chi connectivity index (χ1) is 11.9. The zero-order chi connectivity index (χ0) is 18.1. The maximum Gasteiger partial charge on any atom is 0.328 e. The summed E-state index contributed by atoms with van der Waals surface area (Å²) in [6, 6.07) is 12.5. The van der Waals surface area contributed by atoms with E-state index in [0.29, 0.717) is 22.5 Å². The molecule has 1 heterocycles. The highest BCUT2D eigenvalue weighted by atomic mass is 16.5. The van der Waals surface area contributed by atoms with Crippen molar-refractivity contribution in [1.82, 2.24) is 9.13 Å². The van der Waals surface area contributed by atoms with Crippen molar-refractivity contribution in [2.45, 2.75) is 20.0 Å². The molecular formula is C19H21N3O3. The number of hydrogen-bond acceptors (Lipinski definition) is 3. The molecule has 0 aliphatic rings. The number of aryl methyl sites for hydroxylation is 2. The van der Waals surface area contributed by atoms with E-state index in [9.17, 15) is 9.59 Å². The number of nitrogens with one attached hydrogen (secondary N) is 1. The molecule has 130 valence electrons. The van der Waals surface area contributed by atoms with Gasteiger partial charge in [0.1, 0.15) is 5.75 Å². The van der Waals surface area contributed by atoms with Gasteiger partial charge in [-0.15, -0.1) is 0 Å². The van der Waals surface area contributed by atoms with Gasteiger partial charge in [0.05, 0.1) is 22.8 Å². The van der Waals surface area contributed by atoms with Gasteiger partial charge in [-0.2, -0.15) is 0 Å². The molecule has 3 rings (SSSR count). The minimum Gasteiger partial charge on any atom is -0.489 e. The van der Waals surface area contributed by atoms with Crippen LogP contribution in [0.5, 0.6) is 5.75 Å². The molecule has 0 bridgehead atoms. The van der Waals surface area contributed by atoms with Gasteiger partial charge in [-0.25, -0.2) is 4.79 Å². The van der Waals surface area contributed by atoms with Gasteiger partial charge in [0.25, 0.3) is 5.91 Å². The second-order valence-electron chi connectivity index (χ2n) is 6.22. The average Bonchev–Trinajstić information content (AvgIpc) is 2.80. The summed E-state index contributed by atoms with van der Waals surface area (Å²) in [6.07, 6.45) is 0.00763. The van der Waals surface area contributed by atoms with Crippen molar-refractivity contribution in [2.24, 2.45) is 14.1 Å². The molecule has 0 spiro atoms. The third kappa shape index (κ3) is 3.15. The molecular weight excluding hydrogens is 318 g/mol. The molecule has 6 nitrogen and oxygen atoms in total. The average molecular weight is 339 g/mol. The molecule has 2 aromatic carbocycles. The first kappa shape index (κ1) is 16.8. The highest BCUT2D eigenvalue weighted by Crippen LogP contribution is 2.25. The molecule has 0 aliphatic heterocycles. The number of rotatable bonds is 4. The van der Waals surface area contributed by atoms with Gasteiger partial charge in [0.15, 0.2) is 0 Å². The van der Waals surface area contributed by atoms with Crippen molar-refractivity contribution < 1.29 is 9.53 Å². The van der Waals surface area contributed by atoms with Crippen molar-refractivity contribution >= 4 is 22.6 Å². The molecule has 0 saturated heterocycles. The zero-order valence-corrected chi connectivity index (χ0v) is 14.7. The first-order valence-electron chi connectivity index (χ1n) is 8.11. The zero-order valence-electron chi connectivity index (χ0n) is 14.7. The number of aromatic nitrogens is 2. The molecule has 1 N–H and O–H groups in total. The van der Waals surface area contributed by atoms with Gasteiger partial charge < -0.3 is 10.1 Å². The van der Waals surface area contributed by atoms with Crippen molar-refractivity contribution in [1.29, 1.82) is 0 Å². The SMILES string of the molecule is CC(C)Oc1ccccc1NC(=O)c1ccc2c(c1)n(C)c(=O)n2C. The smallest absolute Gasteiger partial charge is 0.328 e. The van der Waals surface area contributed by atoms with Crippen LogP contribution < -0.4 is 15.7 Å². The largest absolute Gasteiger partial charge is 0.489 e. The van der Waals surface area contributed by atoms with E-state index in [1.54, 1.807) is 42.9 Å². The van der Waals surface area contributed by atoms with E-state index in [4.69, 9.17) is 4.74 Å². The summed E-state index contributed by atoms with van der Waals surface area (Å²) < 4.78 is 8.82. The van der Waals surface area contributed by atoms with Gasteiger partial charge in [-0.05, 0) is 44.2 Å². The van der Waals surface area contributed by atoms with E-state index in [1.807, 2.05) is 32.0 Å². The Hall–Kier alpha value is -3.02. The van der Waals surface area contributed by atoms with E-state index >= 15 is 0 Å². The van der Waals surface area contributed by atoms with E-state index in [1.165, 1.54) is 4.57 Å². The molecule has 0 fully saturated rings. The van der Waals surface area contributed by atoms with Gasteiger partial charge in [0.2, 0.25) is 0 Å². The van der Waals surface area contributed by atoms with E-state index in [-0.39, 0.29) is 17.7 Å². The Balaban J connectivity index is 1.93. The standard InChI is InChI=1S/C19H21N3O3/c1-12(2)25-17-8-6-5-7-14(17)20-18(23)13-9-10-15-16(11-13)22(4)19(24)21(15)3/h5-12H,1-4H3,(H,20,23). The van der Waals surface area contributed by atoms with Gasteiger partial charge in [-0.1, -0.05) is 12.1 Å². The number of carbonyl (C=O) groups is 1. The van der Waals surface area contributed by atoms with Crippen molar-refractivity contribution in [3.8, 4) is 5.75 Å². The minimum atomic E-state index is -0.252. The number of imidazole rings is 1. The minimum absolute atomic E-state index is 0.00763. The first-order valence-corrected chi connectivity index (χ1v) is 8.11. The molecule has 0 radical (unpaired) electrons. The third-order valence-electron chi connectivity index (χ3n) is 4.03. The van der Waals surface area contributed by atoms with Crippen LogP contribution in [0.25, 0.3) is 11.0 Å². The summed E-state index contributed by atoms with van der Waals surface area (Å²) in [5.74, 6) is 0.372. The maximum absolute atomic E-state index is 12.6. The number of hydrogen-bond donors (Lipinski definition) is 1. The summed E-state index contributed by atoms with van der Waals surface area (Å²) in [4.78, 5) is 24.7. The number of carbonyl (C=O) groups excluding carboxylic acids is 1. The Kier molecular flexibility index (Phi) is 4.35. The summed E-state index contributed by atoms with van der Waals surface area (Å²) >= 11 is 0. The second-order valence-corrected chi connectivity index (χ2v) is 6.22. The number of para-hydroxylation sites is 2. The summed E-state index contributed by atoms with van der Waals surface area (Å²) in [5.41, 5.74) is 2.47. The molecule has 25 heavy (non-hydrogen) atoms. The Morgan fingerprint density at radius 1 is 1.04 bits per heavy atom. The van der Waals surface area contributed by atoms with Crippen LogP contribution in [0, 0.1) is 0 Å². The molecule has 0 atom stereocenters. The fraction of sp³-hybridized carbons (Fsp3) is 0.263. The number of nitrogens with zero attached hydrogens (tertiary/aromatic N) is 2. The van der Waals surface area contributed by atoms with Crippen molar-refractivity contribution in [2.75, 3.05) is 5.32 Å². The van der Waals surface area contributed by atoms with Crippen LogP contribution in [0.15, 0.2) is 47.3 Å². The number of amides is 1. The molecule has 3 aromatic rings. The fourth-order valence-corrected chi connectivity index (χ4v) is 2.77. The Labute approximate surface area is 145 Å². The van der Waals surface area contributed by atoms with Gasteiger partial charge in [-0.3, -0.25) is 13.9 Å². The second kappa shape index (κ2) is 6.47. The molecule has 0 aliphatic carbocycles. The lowest BCUT2D eigenvalue weighted by molar-refractivity contribution is 0.102. The highest BCUT2D eigenvalue weighted by Gasteiger charge is 2.14. The van der Waals surface area contributed by atoms with Crippen molar-refractivity contribution in [3.63, 3.8) is 0 Å². The van der Waals surface area contributed by atoms with Crippen LogP contribution in [-0.4, -0.2) is 21.1 Å². The monoisotopic (exact) mass is 339 g/mol. The molecule has 1 aromatic heterocycles. The lowest BCUT2D eigenvalue weighted by Crippen LogP contribution is -2.19. The van der Waals surface area contributed by atoms with E-state index in [0.717, 1.165) is 5.52 Å². The van der Waals surface area contributed by atoms with Crippen LogP contribution in [0.4, 0.5) is 5.69 Å². The van der Waals surface area contributed by atoms with Crippen LogP contribution >= 0.6 is 0 Å². The summed E-state index contributed by atoms with van der Waals surface area (Å²) in [6.45, 7) is 3.87. The Morgan fingerprint density at radius 2 is 1.72 bits per heavy atom. The highest BCUT2D eigenvalue weighted by molar-refractivity contribution is 6.06. The lowest BCUT2D eigenvalue weighted by Gasteiger charge is -2.14. The third-order valence-corrected chi connectivity index (χ3v) is 4.03. The number of fused-ring (bicyclic) bond motifs is 1. The Bertz CT molecular complexity index is 999. The van der Waals surface area contributed by atoms with Crippen LogP contribution in [0.2, 0.25) is 0 Å². The number of ether oxygens (including phenoxy) is 1. The predicted octanol–water partition coefficient (Wildman–Crippen LogP) is 2.92. The van der Waals surface area contributed by atoms with E-state index < -0.39 is 0 Å². The van der Waals surface area contributed by atoms with E-state index in [2.05, 4.69) is 5.32 Å². The molecule has 1 amide bonds. The fourth-order valence-electron chi connectivity index (χ4n) is 2.77. The molecule has 0 saturated carbocycles. The quantitative estimate of drug-likeness (QED) is 0.795. The maximum atomic E-state index is 12.6. The number of benzene rings is 2.